The van der Waals surface area contributed by atoms with Gasteiger partial charge in [0.2, 0.25) is 0 Å². The van der Waals surface area contributed by atoms with E-state index in [2.05, 4.69) is 127 Å². The first-order chi connectivity index (χ1) is 19.8. The largest absolute Gasteiger partial charge is 0.456 e. The zero-order valence-corrected chi connectivity index (χ0v) is 21.5. The van der Waals surface area contributed by atoms with E-state index in [9.17, 15) is 0 Å². The fourth-order valence-corrected chi connectivity index (χ4v) is 6.41. The summed E-state index contributed by atoms with van der Waals surface area (Å²) >= 11 is 0. The molecule has 1 aromatic heterocycles. The molecule has 8 aromatic rings. The van der Waals surface area contributed by atoms with Gasteiger partial charge >= 0.3 is 0 Å². The van der Waals surface area contributed by atoms with Gasteiger partial charge in [0.25, 0.3) is 0 Å². The van der Waals surface area contributed by atoms with Crippen molar-refractivity contribution in [1.29, 1.82) is 0 Å². The molecule has 0 saturated heterocycles. The van der Waals surface area contributed by atoms with Crippen LogP contribution in [0.3, 0.4) is 0 Å². The lowest BCUT2D eigenvalue weighted by Gasteiger charge is -2.22. The van der Waals surface area contributed by atoms with Crippen molar-refractivity contribution in [1.82, 2.24) is 0 Å². The van der Waals surface area contributed by atoms with E-state index in [-0.39, 0.29) is 0 Å². The van der Waals surface area contributed by atoms with Gasteiger partial charge in [-0.1, -0.05) is 103 Å². The van der Waals surface area contributed by atoms with E-state index in [4.69, 9.17) is 9.15 Å². The summed E-state index contributed by atoms with van der Waals surface area (Å²) in [5.74, 6) is 1.82. The predicted octanol–water partition coefficient (Wildman–Crippen LogP) is 11.0. The van der Waals surface area contributed by atoms with Gasteiger partial charge in [0.1, 0.15) is 22.7 Å². The molecule has 1 aliphatic heterocycles. The Hall–Kier alpha value is -5.34. The summed E-state index contributed by atoms with van der Waals surface area (Å²) in [6.07, 6.45) is 0. The third-order valence-electron chi connectivity index (χ3n) is 8.27. The molecule has 0 spiro atoms. The summed E-state index contributed by atoms with van der Waals surface area (Å²) in [4.78, 5) is 0. The van der Waals surface area contributed by atoms with Crippen LogP contribution >= 0.6 is 0 Å². The molecule has 0 saturated carbocycles. The standard InChI is InChI=1S/C38H22O2/c1-2-9-28-24(6-1)18-21-35-38(28)37-29(10-5-13-34(37)40-35)25-16-14-23(15-17-25)27-19-20-32-31(22-27)30-11-3-7-26-8-4-12-33(39-32)36(26)30/h1-22H. The van der Waals surface area contributed by atoms with Gasteiger partial charge in [-0.2, -0.15) is 0 Å². The quantitative estimate of drug-likeness (QED) is 0.231. The molecule has 0 amide bonds. The molecule has 0 radical (unpaired) electrons. The second kappa shape index (κ2) is 8.08. The minimum absolute atomic E-state index is 0.900. The van der Waals surface area contributed by atoms with Crippen molar-refractivity contribution in [3.05, 3.63) is 133 Å². The highest BCUT2D eigenvalue weighted by Crippen LogP contribution is 2.47. The van der Waals surface area contributed by atoms with E-state index >= 15 is 0 Å². The van der Waals surface area contributed by atoms with Gasteiger partial charge in [0.15, 0.2) is 0 Å². The van der Waals surface area contributed by atoms with E-state index < -0.39 is 0 Å². The second-order valence-corrected chi connectivity index (χ2v) is 10.5. The molecule has 186 valence electrons. The Morgan fingerprint density at radius 2 is 1.10 bits per heavy atom. The summed E-state index contributed by atoms with van der Waals surface area (Å²) in [5, 5.41) is 7.16. The average Bonchev–Trinajstić information content (AvgIpc) is 3.41. The van der Waals surface area contributed by atoms with Crippen molar-refractivity contribution in [3.63, 3.8) is 0 Å². The molecule has 7 aromatic carbocycles. The van der Waals surface area contributed by atoms with Crippen LogP contribution in [0.5, 0.6) is 11.5 Å². The van der Waals surface area contributed by atoms with Gasteiger partial charge in [-0.3, -0.25) is 0 Å². The maximum Gasteiger partial charge on any atom is 0.136 e. The number of fused-ring (bicyclic) bond motifs is 7. The third kappa shape index (κ3) is 3.05. The minimum atomic E-state index is 0.900. The molecule has 2 heteroatoms. The van der Waals surface area contributed by atoms with E-state index in [1.807, 2.05) is 6.07 Å². The number of furan rings is 1. The molecule has 2 nitrogen and oxygen atoms in total. The Morgan fingerprint density at radius 3 is 2.02 bits per heavy atom. The van der Waals surface area contributed by atoms with Crippen LogP contribution in [-0.4, -0.2) is 0 Å². The van der Waals surface area contributed by atoms with Crippen LogP contribution in [0, 0.1) is 0 Å². The lowest BCUT2D eigenvalue weighted by Crippen LogP contribution is -1.97. The first kappa shape index (κ1) is 21.6. The van der Waals surface area contributed by atoms with E-state index in [0.717, 1.165) is 28.2 Å². The maximum absolute atomic E-state index is 6.31. The fraction of sp³-hybridized carbons (Fsp3) is 0. The van der Waals surface area contributed by atoms with Gasteiger partial charge in [-0.15, -0.1) is 0 Å². The molecule has 9 rings (SSSR count). The zero-order valence-electron chi connectivity index (χ0n) is 21.5. The van der Waals surface area contributed by atoms with Crippen LogP contribution < -0.4 is 4.74 Å². The molecular weight excluding hydrogens is 488 g/mol. The Kier molecular flexibility index (Phi) is 4.36. The molecule has 0 atom stereocenters. The Balaban J connectivity index is 1.17. The third-order valence-corrected chi connectivity index (χ3v) is 8.27. The Morgan fingerprint density at radius 1 is 0.375 bits per heavy atom. The van der Waals surface area contributed by atoms with Crippen molar-refractivity contribution < 1.29 is 9.15 Å². The van der Waals surface area contributed by atoms with Crippen LogP contribution in [0.4, 0.5) is 0 Å². The first-order valence-corrected chi connectivity index (χ1v) is 13.6. The summed E-state index contributed by atoms with van der Waals surface area (Å²) in [6.45, 7) is 0. The molecule has 2 heterocycles. The van der Waals surface area contributed by atoms with Gasteiger partial charge in [0, 0.05) is 21.7 Å². The van der Waals surface area contributed by atoms with Gasteiger partial charge in [-0.25, -0.2) is 0 Å². The topological polar surface area (TPSA) is 22.4 Å². The van der Waals surface area contributed by atoms with Crippen LogP contribution in [0.25, 0.3) is 76.9 Å². The first-order valence-electron chi connectivity index (χ1n) is 13.6. The molecular formula is C38H22O2. The SMILES string of the molecule is c1cc2c3c(cccc3c1)-c1cc(-c3ccc(-c4cccc5oc6ccc7ccccc7c6c45)cc3)ccc1O2. The van der Waals surface area contributed by atoms with Crippen LogP contribution in [0.2, 0.25) is 0 Å². The maximum atomic E-state index is 6.31. The van der Waals surface area contributed by atoms with Gasteiger partial charge in [-0.05, 0) is 74.3 Å². The highest BCUT2D eigenvalue weighted by atomic mass is 16.5. The average molecular weight is 511 g/mol. The predicted molar refractivity (Wildman–Crippen MR) is 165 cm³/mol. The smallest absolute Gasteiger partial charge is 0.136 e. The molecule has 0 fully saturated rings. The number of rotatable bonds is 2. The summed E-state index contributed by atoms with van der Waals surface area (Å²) in [7, 11) is 0. The van der Waals surface area contributed by atoms with Crippen molar-refractivity contribution in [2.45, 2.75) is 0 Å². The highest BCUT2D eigenvalue weighted by molar-refractivity contribution is 6.22. The van der Waals surface area contributed by atoms with E-state index in [1.165, 1.54) is 60.1 Å². The van der Waals surface area contributed by atoms with E-state index in [1.54, 1.807) is 0 Å². The lowest BCUT2D eigenvalue weighted by molar-refractivity contribution is 0.487. The van der Waals surface area contributed by atoms with Crippen molar-refractivity contribution in [3.8, 4) is 44.9 Å². The van der Waals surface area contributed by atoms with Crippen LogP contribution in [0.1, 0.15) is 0 Å². The van der Waals surface area contributed by atoms with Gasteiger partial charge < -0.3 is 9.15 Å². The van der Waals surface area contributed by atoms with Crippen molar-refractivity contribution in [2.24, 2.45) is 0 Å². The molecule has 0 aliphatic carbocycles. The van der Waals surface area contributed by atoms with Crippen LogP contribution in [-0.2, 0) is 0 Å². The minimum Gasteiger partial charge on any atom is -0.456 e. The number of ether oxygens (including phenoxy) is 1. The van der Waals surface area contributed by atoms with Crippen LogP contribution in [0.15, 0.2) is 138 Å². The molecule has 0 N–H and O–H groups in total. The molecule has 1 aliphatic rings. The fourth-order valence-electron chi connectivity index (χ4n) is 6.41. The summed E-state index contributed by atoms with van der Waals surface area (Å²) < 4.78 is 12.6. The molecule has 40 heavy (non-hydrogen) atoms. The number of benzene rings is 7. The zero-order chi connectivity index (χ0) is 26.2. The monoisotopic (exact) mass is 510 g/mol. The molecule has 0 unspecified atom stereocenters. The van der Waals surface area contributed by atoms with Crippen molar-refractivity contribution >= 4 is 43.5 Å². The normalized spacial score (nSPS) is 12.2. The van der Waals surface area contributed by atoms with Gasteiger partial charge in [0.05, 0.1) is 0 Å². The molecule has 0 bridgehead atoms. The second-order valence-electron chi connectivity index (χ2n) is 10.5. The summed E-state index contributed by atoms with van der Waals surface area (Å²) in [5.41, 5.74) is 8.88. The Labute approximate surface area is 230 Å². The Bertz CT molecular complexity index is 2280. The summed E-state index contributed by atoms with van der Waals surface area (Å²) in [6, 6.07) is 47.2. The van der Waals surface area contributed by atoms with E-state index in [0.29, 0.717) is 0 Å². The number of hydrogen-bond acceptors (Lipinski definition) is 2. The number of hydrogen-bond donors (Lipinski definition) is 0. The lowest BCUT2D eigenvalue weighted by atomic mass is 9.91. The highest BCUT2D eigenvalue weighted by Gasteiger charge is 2.20. The van der Waals surface area contributed by atoms with Crippen molar-refractivity contribution in [2.75, 3.05) is 0 Å².